The summed E-state index contributed by atoms with van der Waals surface area (Å²) in [7, 11) is 0. The second-order valence-corrected chi connectivity index (χ2v) is 8.13. The molecule has 5 nitrogen and oxygen atoms in total. The van der Waals surface area contributed by atoms with Crippen molar-refractivity contribution in [2.24, 2.45) is 0 Å². The van der Waals surface area contributed by atoms with Gasteiger partial charge in [-0.1, -0.05) is 36.4 Å². The van der Waals surface area contributed by atoms with E-state index >= 15 is 0 Å². The van der Waals surface area contributed by atoms with Crippen molar-refractivity contribution in [3.8, 4) is 11.1 Å². The Morgan fingerprint density at radius 1 is 0.788 bits per heavy atom. The van der Waals surface area contributed by atoms with Gasteiger partial charge in [0.05, 0.1) is 37.0 Å². The molecule has 1 aliphatic heterocycles. The topological polar surface area (TPSA) is 41.5 Å². The van der Waals surface area contributed by atoms with E-state index in [1.807, 2.05) is 36.9 Å². The highest BCUT2D eigenvalue weighted by atomic mass is 16.5. The average Bonchev–Trinajstić information content (AvgIpc) is 2.91. The number of aromatic nitrogens is 2. The van der Waals surface area contributed by atoms with Gasteiger partial charge in [0.15, 0.2) is 0 Å². The molecule has 0 aliphatic carbocycles. The molecule has 166 valence electrons. The van der Waals surface area contributed by atoms with Crippen LogP contribution in [0.4, 0.5) is 17.1 Å². The molecular formula is C28H28N4O. The van der Waals surface area contributed by atoms with Crippen LogP contribution < -0.4 is 9.80 Å². The zero-order chi connectivity index (χ0) is 22.3. The quantitative estimate of drug-likeness (QED) is 0.390. The zero-order valence-corrected chi connectivity index (χ0v) is 18.7. The fourth-order valence-electron chi connectivity index (χ4n) is 4.37. The van der Waals surface area contributed by atoms with E-state index in [0.29, 0.717) is 0 Å². The summed E-state index contributed by atoms with van der Waals surface area (Å²) in [5.41, 5.74) is 7.26. The van der Waals surface area contributed by atoms with Gasteiger partial charge in [0, 0.05) is 37.7 Å². The Labute approximate surface area is 195 Å². The number of hydrogen-bond donors (Lipinski definition) is 0. The Bertz CT molecular complexity index is 1110. The van der Waals surface area contributed by atoms with Gasteiger partial charge in [-0.05, 0) is 59.5 Å². The first-order chi connectivity index (χ1) is 16.4. The van der Waals surface area contributed by atoms with Crippen molar-refractivity contribution >= 4 is 17.1 Å². The number of pyridine rings is 2. The molecule has 0 amide bonds. The van der Waals surface area contributed by atoms with Gasteiger partial charge in [-0.3, -0.25) is 9.97 Å². The lowest BCUT2D eigenvalue weighted by molar-refractivity contribution is 0.122. The van der Waals surface area contributed by atoms with Crippen LogP contribution in [0, 0.1) is 0 Å². The Morgan fingerprint density at radius 2 is 1.48 bits per heavy atom. The SMILES string of the molecule is c1ccc(-c2ccc(N3CCOCC3)cc2CCN(c2cccnc2)c2cccnc2)cc1. The number of ether oxygens (including phenoxy) is 1. The van der Waals surface area contributed by atoms with Gasteiger partial charge in [0.1, 0.15) is 0 Å². The zero-order valence-electron chi connectivity index (χ0n) is 18.7. The van der Waals surface area contributed by atoms with E-state index in [1.54, 1.807) is 0 Å². The summed E-state index contributed by atoms with van der Waals surface area (Å²) in [5.74, 6) is 0. The van der Waals surface area contributed by atoms with Gasteiger partial charge in [-0.15, -0.1) is 0 Å². The fraction of sp³-hybridized carbons (Fsp3) is 0.214. The molecule has 2 aromatic carbocycles. The van der Waals surface area contributed by atoms with Crippen LogP contribution in [0.5, 0.6) is 0 Å². The lowest BCUT2D eigenvalue weighted by Gasteiger charge is -2.30. The fourth-order valence-corrected chi connectivity index (χ4v) is 4.37. The summed E-state index contributed by atoms with van der Waals surface area (Å²) >= 11 is 0. The van der Waals surface area contributed by atoms with E-state index in [0.717, 1.165) is 50.6 Å². The van der Waals surface area contributed by atoms with E-state index in [1.165, 1.54) is 22.4 Å². The normalized spacial score (nSPS) is 13.6. The van der Waals surface area contributed by atoms with Crippen LogP contribution in [0.25, 0.3) is 11.1 Å². The minimum atomic E-state index is 0.783. The highest BCUT2D eigenvalue weighted by Gasteiger charge is 2.16. The smallest absolute Gasteiger partial charge is 0.0642 e. The minimum absolute atomic E-state index is 0.783. The first-order valence-corrected chi connectivity index (χ1v) is 11.5. The van der Waals surface area contributed by atoms with Crippen molar-refractivity contribution in [2.45, 2.75) is 6.42 Å². The van der Waals surface area contributed by atoms with Crippen LogP contribution in [0.2, 0.25) is 0 Å². The molecule has 5 heteroatoms. The predicted octanol–water partition coefficient (Wildman–Crippen LogP) is 5.36. The summed E-state index contributed by atoms with van der Waals surface area (Å²) in [5, 5.41) is 0. The molecule has 0 atom stereocenters. The third kappa shape index (κ3) is 5.04. The van der Waals surface area contributed by atoms with Gasteiger partial charge in [-0.25, -0.2) is 0 Å². The molecule has 4 aromatic rings. The van der Waals surface area contributed by atoms with Crippen molar-refractivity contribution in [1.29, 1.82) is 0 Å². The largest absolute Gasteiger partial charge is 0.378 e. The monoisotopic (exact) mass is 436 g/mol. The number of benzene rings is 2. The van der Waals surface area contributed by atoms with Gasteiger partial charge in [0.25, 0.3) is 0 Å². The summed E-state index contributed by atoms with van der Waals surface area (Å²) in [6.45, 7) is 4.25. The van der Waals surface area contributed by atoms with E-state index in [-0.39, 0.29) is 0 Å². The van der Waals surface area contributed by atoms with Crippen LogP contribution in [0.15, 0.2) is 97.6 Å². The molecule has 0 N–H and O–H groups in total. The van der Waals surface area contributed by atoms with Crippen LogP contribution in [-0.4, -0.2) is 42.8 Å². The maximum Gasteiger partial charge on any atom is 0.0642 e. The highest BCUT2D eigenvalue weighted by Crippen LogP contribution is 2.31. The van der Waals surface area contributed by atoms with Crippen molar-refractivity contribution in [1.82, 2.24) is 9.97 Å². The second kappa shape index (κ2) is 10.3. The number of nitrogens with zero attached hydrogens (tertiary/aromatic N) is 4. The van der Waals surface area contributed by atoms with Crippen LogP contribution in [-0.2, 0) is 11.2 Å². The molecule has 2 aromatic heterocycles. The molecule has 0 spiro atoms. The summed E-state index contributed by atoms with van der Waals surface area (Å²) in [4.78, 5) is 13.4. The standard InChI is InChI=1S/C28H28N4O/c1-2-6-23(7-3-1)28-11-10-25(31-16-18-33-19-17-31)20-24(28)12-15-32(26-8-4-13-29-21-26)27-9-5-14-30-22-27/h1-11,13-14,20-22H,12,15-19H2. The number of rotatable bonds is 7. The van der Waals surface area contributed by atoms with E-state index < -0.39 is 0 Å². The van der Waals surface area contributed by atoms with Gasteiger partial charge in [0.2, 0.25) is 0 Å². The second-order valence-electron chi connectivity index (χ2n) is 8.13. The van der Waals surface area contributed by atoms with Gasteiger partial charge < -0.3 is 14.5 Å². The van der Waals surface area contributed by atoms with Crippen molar-refractivity contribution in [3.63, 3.8) is 0 Å². The Balaban J connectivity index is 1.48. The molecule has 1 saturated heterocycles. The Hall–Kier alpha value is -3.70. The van der Waals surface area contributed by atoms with Crippen molar-refractivity contribution in [2.75, 3.05) is 42.6 Å². The average molecular weight is 437 g/mol. The molecule has 1 aliphatic rings. The summed E-state index contributed by atoms with van der Waals surface area (Å²) in [6.07, 6.45) is 8.34. The van der Waals surface area contributed by atoms with Crippen LogP contribution >= 0.6 is 0 Å². The molecule has 0 saturated carbocycles. The molecule has 3 heterocycles. The first-order valence-electron chi connectivity index (χ1n) is 11.5. The lowest BCUT2D eigenvalue weighted by Crippen LogP contribution is -2.36. The number of hydrogen-bond acceptors (Lipinski definition) is 5. The van der Waals surface area contributed by atoms with E-state index in [2.05, 4.69) is 80.4 Å². The number of morpholine rings is 1. The third-order valence-electron chi connectivity index (χ3n) is 6.07. The highest BCUT2D eigenvalue weighted by molar-refractivity contribution is 5.71. The van der Waals surface area contributed by atoms with E-state index in [4.69, 9.17) is 4.74 Å². The molecule has 33 heavy (non-hydrogen) atoms. The third-order valence-corrected chi connectivity index (χ3v) is 6.07. The Kier molecular flexibility index (Phi) is 6.59. The molecule has 0 bridgehead atoms. The molecular weight excluding hydrogens is 408 g/mol. The Morgan fingerprint density at radius 3 is 2.12 bits per heavy atom. The van der Waals surface area contributed by atoms with Gasteiger partial charge in [-0.2, -0.15) is 0 Å². The molecule has 0 radical (unpaired) electrons. The van der Waals surface area contributed by atoms with Crippen molar-refractivity contribution in [3.05, 3.63) is 103 Å². The summed E-state index contributed by atoms with van der Waals surface area (Å²) in [6, 6.07) is 25.7. The molecule has 0 unspecified atom stereocenters. The molecule has 1 fully saturated rings. The lowest BCUT2D eigenvalue weighted by atomic mass is 9.96. The van der Waals surface area contributed by atoms with Gasteiger partial charge >= 0.3 is 0 Å². The maximum atomic E-state index is 5.56. The van der Waals surface area contributed by atoms with Crippen molar-refractivity contribution < 1.29 is 4.74 Å². The first kappa shape index (κ1) is 21.2. The predicted molar refractivity (Wildman–Crippen MR) is 134 cm³/mol. The van der Waals surface area contributed by atoms with Crippen LogP contribution in [0.3, 0.4) is 0 Å². The van der Waals surface area contributed by atoms with E-state index in [9.17, 15) is 0 Å². The van der Waals surface area contributed by atoms with Crippen LogP contribution in [0.1, 0.15) is 5.56 Å². The number of anilines is 3. The minimum Gasteiger partial charge on any atom is -0.378 e. The molecule has 5 rings (SSSR count). The summed E-state index contributed by atoms with van der Waals surface area (Å²) < 4.78 is 5.56. The maximum absolute atomic E-state index is 5.56.